The molecule has 0 amide bonds. The number of aliphatic imine (C=N–C) groups is 1. The van der Waals surface area contributed by atoms with Crippen LogP contribution in [-0.4, -0.2) is 39.5 Å². The fourth-order valence-corrected chi connectivity index (χ4v) is 2.28. The molecule has 1 N–H and O–H groups in total. The van der Waals surface area contributed by atoms with Crippen molar-refractivity contribution in [1.29, 1.82) is 0 Å². The van der Waals surface area contributed by atoms with Gasteiger partial charge >= 0.3 is 15.6 Å². The zero-order valence-corrected chi connectivity index (χ0v) is 10.1. The van der Waals surface area contributed by atoms with Crippen LogP contribution in [-0.2, 0) is 14.3 Å². The molecule has 0 unspecified atom stereocenters. The maximum Gasteiger partial charge on any atom is 0.534 e. The van der Waals surface area contributed by atoms with Gasteiger partial charge in [0.2, 0.25) is 5.90 Å². The van der Waals surface area contributed by atoms with Crippen LogP contribution in [0.1, 0.15) is 12.8 Å². The number of hydrogen-bond acceptors (Lipinski definition) is 5. The Bertz CT molecular complexity index is 508. The van der Waals surface area contributed by atoms with Crippen molar-refractivity contribution in [2.24, 2.45) is 4.99 Å². The van der Waals surface area contributed by atoms with Crippen LogP contribution in [0.5, 0.6) is 0 Å². The van der Waals surface area contributed by atoms with Crippen molar-refractivity contribution in [2.75, 3.05) is 19.6 Å². The topological polar surface area (TPSA) is 67.8 Å². The second kappa shape index (κ2) is 4.54. The summed E-state index contributed by atoms with van der Waals surface area (Å²) in [5.41, 5.74) is -4.11. The Morgan fingerprint density at radius 3 is 2.56 bits per heavy atom. The van der Waals surface area contributed by atoms with Gasteiger partial charge in [-0.1, -0.05) is 0 Å². The number of rotatable bonds is 1. The van der Waals surface area contributed by atoms with E-state index in [1.807, 2.05) is 0 Å². The van der Waals surface area contributed by atoms with Crippen molar-refractivity contribution in [3.8, 4) is 0 Å². The van der Waals surface area contributed by atoms with Gasteiger partial charge in [0.25, 0.3) is 0 Å². The SMILES string of the molecule is O=S(=O)(OC1=NCC2=C1CCNCC2)C(F)(F)F. The van der Waals surface area contributed by atoms with Gasteiger partial charge < -0.3 is 9.50 Å². The first kappa shape index (κ1) is 13.3. The van der Waals surface area contributed by atoms with Gasteiger partial charge in [0, 0.05) is 5.57 Å². The molecular weight excluding hydrogens is 273 g/mol. The lowest BCUT2D eigenvalue weighted by Gasteiger charge is -2.11. The first-order valence-corrected chi connectivity index (χ1v) is 6.69. The highest BCUT2D eigenvalue weighted by Gasteiger charge is 2.49. The van der Waals surface area contributed by atoms with E-state index in [9.17, 15) is 21.6 Å². The summed E-state index contributed by atoms with van der Waals surface area (Å²) >= 11 is 0. The van der Waals surface area contributed by atoms with Crippen molar-refractivity contribution >= 4 is 16.0 Å². The fraction of sp³-hybridized carbons (Fsp3) is 0.667. The highest BCUT2D eigenvalue weighted by Crippen LogP contribution is 2.29. The molecule has 0 saturated heterocycles. The van der Waals surface area contributed by atoms with E-state index in [2.05, 4.69) is 14.5 Å². The highest BCUT2D eigenvalue weighted by molar-refractivity contribution is 7.88. The van der Waals surface area contributed by atoms with Crippen LogP contribution in [0.15, 0.2) is 16.1 Å². The van der Waals surface area contributed by atoms with Gasteiger partial charge in [-0.25, -0.2) is 4.99 Å². The van der Waals surface area contributed by atoms with Gasteiger partial charge in [-0.15, -0.1) is 0 Å². The van der Waals surface area contributed by atoms with Crippen molar-refractivity contribution in [3.63, 3.8) is 0 Å². The minimum absolute atomic E-state index is 0.208. The van der Waals surface area contributed by atoms with Gasteiger partial charge in [0.15, 0.2) is 0 Å². The van der Waals surface area contributed by atoms with E-state index in [4.69, 9.17) is 0 Å². The largest absolute Gasteiger partial charge is 0.534 e. The number of hydrogen-bond donors (Lipinski definition) is 1. The molecule has 0 radical (unpaired) electrons. The van der Waals surface area contributed by atoms with Crippen molar-refractivity contribution < 1.29 is 25.8 Å². The van der Waals surface area contributed by atoms with Gasteiger partial charge in [-0.05, 0) is 31.5 Å². The lowest BCUT2D eigenvalue weighted by Crippen LogP contribution is -2.28. The first-order valence-electron chi connectivity index (χ1n) is 5.28. The third-order valence-corrected chi connectivity index (χ3v) is 3.67. The van der Waals surface area contributed by atoms with Crippen LogP contribution in [0.25, 0.3) is 0 Å². The first-order chi connectivity index (χ1) is 8.31. The highest BCUT2D eigenvalue weighted by atomic mass is 32.2. The average Bonchev–Trinajstić information content (AvgIpc) is 2.48. The van der Waals surface area contributed by atoms with Gasteiger partial charge in [0.1, 0.15) is 0 Å². The molecule has 0 aromatic carbocycles. The summed E-state index contributed by atoms with van der Waals surface area (Å²) in [5.74, 6) is -0.411. The maximum atomic E-state index is 12.2. The molecule has 0 aromatic rings. The third kappa shape index (κ3) is 2.51. The Labute approximate surface area is 102 Å². The van der Waals surface area contributed by atoms with E-state index < -0.39 is 21.5 Å². The molecule has 2 aliphatic heterocycles. The lowest BCUT2D eigenvalue weighted by molar-refractivity contribution is -0.0504. The van der Waals surface area contributed by atoms with Crippen molar-refractivity contribution in [3.05, 3.63) is 11.1 Å². The molecular formula is C9H11F3N2O3S. The molecule has 2 heterocycles. The van der Waals surface area contributed by atoms with E-state index in [1.54, 1.807) is 0 Å². The van der Waals surface area contributed by atoms with Crippen molar-refractivity contribution in [2.45, 2.75) is 18.3 Å². The molecule has 0 spiro atoms. The number of nitrogens with one attached hydrogen (secondary N) is 1. The summed E-state index contributed by atoms with van der Waals surface area (Å²) < 4.78 is 62.5. The lowest BCUT2D eigenvalue weighted by atomic mass is 10.1. The maximum absolute atomic E-state index is 12.2. The van der Waals surface area contributed by atoms with Crippen LogP contribution < -0.4 is 5.32 Å². The predicted molar refractivity (Wildman–Crippen MR) is 57.5 cm³/mol. The quantitative estimate of drug-likeness (QED) is 0.575. The molecule has 102 valence electrons. The number of alkyl halides is 3. The average molecular weight is 284 g/mol. The van der Waals surface area contributed by atoms with Crippen LogP contribution >= 0.6 is 0 Å². The third-order valence-electron chi connectivity index (χ3n) is 2.73. The number of nitrogens with zero attached hydrogens (tertiary/aromatic N) is 1. The second-order valence-corrected chi connectivity index (χ2v) is 5.47. The molecule has 0 aliphatic carbocycles. The van der Waals surface area contributed by atoms with E-state index in [0.717, 1.165) is 5.57 Å². The van der Waals surface area contributed by atoms with Gasteiger partial charge in [0.05, 0.1) is 6.54 Å². The molecule has 0 fully saturated rings. The van der Waals surface area contributed by atoms with Crippen LogP contribution in [0, 0.1) is 0 Å². The van der Waals surface area contributed by atoms with Gasteiger partial charge in [-0.3, -0.25) is 0 Å². The Morgan fingerprint density at radius 1 is 1.22 bits per heavy atom. The predicted octanol–water partition coefficient (Wildman–Crippen LogP) is 0.945. The standard InChI is InChI=1S/C9H11F3N2O3S/c10-9(11,12)18(15,16)17-8-7-2-4-13-3-1-6(7)5-14-8/h13H,1-5H2. The minimum atomic E-state index is -5.63. The summed E-state index contributed by atoms with van der Waals surface area (Å²) in [6.07, 6.45) is 1.05. The molecule has 2 aliphatic rings. The van der Waals surface area contributed by atoms with Crippen LogP contribution in [0.4, 0.5) is 13.2 Å². The summed E-state index contributed by atoms with van der Waals surface area (Å²) in [5, 5.41) is 3.07. The molecule has 0 bridgehead atoms. The molecule has 0 saturated carbocycles. The number of halogens is 3. The Kier molecular flexibility index (Phi) is 3.37. The van der Waals surface area contributed by atoms with E-state index in [0.29, 0.717) is 31.5 Å². The summed E-state index contributed by atoms with van der Waals surface area (Å²) in [4.78, 5) is 3.73. The van der Waals surface area contributed by atoms with Gasteiger partial charge in [-0.2, -0.15) is 21.6 Å². The summed E-state index contributed by atoms with van der Waals surface area (Å²) in [6, 6.07) is 0. The zero-order valence-electron chi connectivity index (χ0n) is 9.25. The Balaban J connectivity index is 2.19. The molecule has 2 rings (SSSR count). The zero-order chi connectivity index (χ0) is 13.4. The molecule has 0 atom stereocenters. The second-order valence-electron chi connectivity index (χ2n) is 3.94. The Morgan fingerprint density at radius 2 is 1.89 bits per heavy atom. The molecule has 5 nitrogen and oxygen atoms in total. The molecule has 18 heavy (non-hydrogen) atoms. The fourth-order valence-electron chi connectivity index (χ4n) is 1.83. The summed E-state index contributed by atoms with van der Waals surface area (Å²) in [6.45, 7) is 1.47. The van der Waals surface area contributed by atoms with Crippen molar-refractivity contribution in [1.82, 2.24) is 5.32 Å². The van der Waals surface area contributed by atoms with E-state index in [-0.39, 0.29) is 6.54 Å². The monoisotopic (exact) mass is 284 g/mol. The minimum Gasteiger partial charge on any atom is -0.355 e. The normalized spacial score (nSPS) is 21.4. The van der Waals surface area contributed by atoms with E-state index >= 15 is 0 Å². The Hall–Kier alpha value is -1.09. The van der Waals surface area contributed by atoms with Crippen LogP contribution in [0.2, 0.25) is 0 Å². The van der Waals surface area contributed by atoms with Crippen LogP contribution in [0.3, 0.4) is 0 Å². The summed E-state index contributed by atoms with van der Waals surface area (Å²) in [7, 11) is -5.63. The molecule has 0 aromatic heterocycles. The van der Waals surface area contributed by atoms with E-state index in [1.165, 1.54) is 0 Å². The molecule has 9 heteroatoms. The smallest absolute Gasteiger partial charge is 0.355 e.